The summed E-state index contributed by atoms with van der Waals surface area (Å²) in [4.78, 5) is 2.43. The molecule has 0 aliphatic carbocycles. The molecule has 10 aromatic carbocycles. The molecule has 0 bridgehead atoms. The number of anilines is 3. The zero-order valence-corrected chi connectivity index (χ0v) is 32.5. The van der Waals surface area contributed by atoms with Crippen molar-refractivity contribution in [3.05, 3.63) is 224 Å². The molecule has 58 heavy (non-hydrogen) atoms. The van der Waals surface area contributed by atoms with Crippen LogP contribution in [0.4, 0.5) is 17.1 Å². The van der Waals surface area contributed by atoms with Crippen molar-refractivity contribution < 1.29 is 0 Å². The van der Waals surface area contributed by atoms with Gasteiger partial charge in [-0.2, -0.15) is 0 Å². The highest BCUT2D eigenvalue weighted by atomic mass is 32.1. The first-order chi connectivity index (χ1) is 28.7. The molecule has 0 fully saturated rings. The molecule has 0 N–H and O–H groups in total. The van der Waals surface area contributed by atoms with Gasteiger partial charge in [-0.15, -0.1) is 11.3 Å². The van der Waals surface area contributed by atoms with E-state index in [1.165, 1.54) is 86.2 Å². The molecule has 0 aliphatic rings. The number of benzene rings is 10. The predicted molar refractivity (Wildman–Crippen MR) is 251 cm³/mol. The zero-order chi connectivity index (χ0) is 38.4. The fourth-order valence-electron chi connectivity index (χ4n) is 8.63. The topological polar surface area (TPSA) is 3.24 Å². The minimum absolute atomic E-state index is 1.09. The highest BCUT2D eigenvalue weighted by Crippen LogP contribution is 2.47. The first-order valence-corrected chi connectivity index (χ1v) is 20.6. The molecule has 0 atom stereocenters. The van der Waals surface area contributed by atoms with Gasteiger partial charge in [-0.05, 0) is 115 Å². The molecule has 2 heteroatoms. The molecule has 0 aliphatic heterocycles. The Morgan fingerprint density at radius 1 is 0.293 bits per heavy atom. The van der Waals surface area contributed by atoms with Crippen LogP contribution in [0, 0.1) is 0 Å². The molecule has 1 heterocycles. The van der Waals surface area contributed by atoms with Gasteiger partial charge in [0.05, 0.1) is 5.69 Å². The fourth-order valence-corrected chi connectivity index (χ4v) is 9.79. The molecule has 0 saturated heterocycles. The molecule has 0 saturated carbocycles. The summed E-state index contributed by atoms with van der Waals surface area (Å²) in [6, 6.07) is 82.0. The first kappa shape index (κ1) is 34.0. The molecule has 0 unspecified atom stereocenters. The van der Waals surface area contributed by atoms with E-state index in [-0.39, 0.29) is 0 Å². The largest absolute Gasteiger partial charge is 0.310 e. The van der Waals surface area contributed by atoms with Crippen molar-refractivity contribution in [1.29, 1.82) is 0 Å². The zero-order valence-electron chi connectivity index (χ0n) is 31.7. The number of hydrogen-bond donors (Lipinski definition) is 0. The maximum atomic E-state index is 2.43. The van der Waals surface area contributed by atoms with Gasteiger partial charge in [0, 0.05) is 37.1 Å². The highest BCUT2D eigenvalue weighted by Gasteiger charge is 2.21. The molecule has 1 aromatic heterocycles. The summed E-state index contributed by atoms with van der Waals surface area (Å²) < 4.78 is 2.62. The number of rotatable bonds is 7. The van der Waals surface area contributed by atoms with Crippen LogP contribution in [-0.2, 0) is 0 Å². The summed E-state index contributed by atoms with van der Waals surface area (Å²) >= 11 is 1.88. The highest BCUT2D eigenvalue weighted by molar-refractivity contribution is 7.26. The van der Waals surface area contributed by atoms with E-state index in [1.54, 1.807) is 0 Å². The van der Waals surface area contributed by atoms with Gasteiger partial charge in [-0.1, -0.05) is 170 Å². The second-order valence-electron chi connectivity index (χ2n) is 14.9. The number of hydrogen-bond acceptors (Lipinski definition) is 2. The SMILES string of the molecule is c1ccc(-c2ccc(N(c3ccc(-c4cccc5sc6cc7ccccc7cc6c45)c(-c4ccccc4)c3)c3ccccc3-c3ccc4ccccc4c3)cc2)cc1. The van der Waals surface area contributed by atoms with Gasteiger partial charge in [-0.3, -0.25) is 0 Å². The van der Waals surface area contributed by atoms with E-state index in [9.17, 15) is 0 Å². The van der Waals surface area contributed by atoms with Gasteiger partial charge in [0.15, 0.2) is 0 Å². The Balaban J connectivity index is 1.14. The quantitative estimate of drug-likeness (QED) is 0.157. The van der Waals surface area contributed by atoms with E-state index in [4.69, 9.17) is 0 Å². The number of fused-ring (bicyclic) bond motifs is 5. The number of thiophene rings is 1. The van der Waals surface area contributed by atoms with Crippen molar-refractivity contribution in [1.82, 2.24) is 0 Å². The van der Waals surface area contributed by atoms with E-state index in [0.717, 1.165) is 17.1 Å². The van der Waals surface area contributed by atoms with Crippen molar-refractivity contribution >= 4 is 70.1 Å². The summed E-state index contributed by atoms with van der Waals surface area (Å²) in [7, 11) is 0. The second kappa shape index (κ2) is 14.4. The van der Waals surface area contributed by atoms with Gasteiger partial charge in [0.2, 0.25) is 0 Å². The first-order valence-electron chi connectivity index (χ1n) is 19.8. The summed E-state index contributed by atoms with van der Waals surface area (Å²) in [6.45, 7) is 0. The minimum Gasteiger partial charge on any atom is -0.310 e. The molecule has 1 nitrogen and oxygen atoms in total. The van der Waals surface area contributed by atoms with Gasteiger partial charge < -0.3 is 4.90 Å². The smallest absolute Gasteiger partial charge is 0.0540 e. The molecule has 0 radical (unpaired) electrons. The summed E-state index contributed by atoms with van der Waals surface area (Å²) in [6.07, 6.45) is 0. The average molecular weight is 756 g/mol. The molecule has 0 spiro atoms. The van der Waals surface area contributed by atoms with Crippen LogP contribution < -0.4 is 4.90 Å². The Kier molecular flexibility index (Phi) is 8.42. The molecule has 11 rings (SSSR count). The van der Waals surface area contributed by atoms with Gasteiger partial charge in [0.25, 0.3) is 0 Å². The lowest BCUT2D eigenvalue weighted by molar-refractivity contribution is 1.28. The standard InChI is InChI=1S/C56H37NS/c1-3-14-38(15-4-1)40-28-30-46(31-29-40)57(53-24-12-11-22-48(53)45-27-26-39-16-7-8-19-42(39)34-45)47-32-33-49(51(37-47)41-17-5-2-6-18-41)50-23-13-25-54-56(50)52-35-43-20-9-10-21-44(43)36-55(52)58-54/h1-37H. The van der Waals surface area contributed by atoms with Crippen molar-refractivity contribution in [3.8, 4) is 44.5 Å². The van der Waals surface area contributed by atoms with Crippen molar-refractivity contribution in [2.45, 2.75) is 0 Å². The Morgan fingerprint density at radius 3 is 1.66 bits per heavy atom. The molecular weight excluding hydrogens is 719 g/mol. The van der Waals surface area contributed by atoms with Crippen LogP contribution in [0.15, 0.2) is 224 Å². The van der Waals surface area contributed by atoms with E-state index < -0.39 is 0 Å². The second-order valence-corrected chi connectivity index (χ2v) is 16.0. The normalized spacial score (nSPS) is 11.4. The van der Waals surface area contributed by atoms with Crippen molar-refractivity contribution in [2.75, 3.05) is 4.90 Å². The molecule has 11 aromatic rings. The van der Waals surface area contributed by atoms with E-state index in [2.05, 4.69) is 229 Å². The lowest BCUT2D eigenvalue weighted by Gasteiger charge is -2.29. The Hall–Kier alpha value is -7.26. The van der Waals surface area contributed by atoms with Crippen molar-refractivity contribution in [2.24, 2.45) is 0 Å². The predicted octanol–water partition coefficient (Wildman–Crippen LogP) is 16.5. The number of para-hydroxylation sites is 1. The third-order valence-corrected chi connectivity index (χ3v) is 12.6. The van der Waals surface area contributed by atoms with E-state index >= 15 is 0 Å². The van der Waals surface area contributed by atoms with Crippen molar-refractivity contribution in [3.63, 3.8) is 0 Å². The molecule has 0 amide bonds. The third kappa shape index (κ3) is 6.03. The lowest BCUT2D eigenvalue weighted by Crippen LogP contribution is -2.11. The maximum absolute atomic E-state index is 2.43. The van der Waals surface area contributed by atoms with E-state index in [1.807, 2.05) is 11.3 Å². The summed E-state index contributed by atoms with van der Waals surface area (Å²) in [5.41, 5.74) is 12.9. The fraction of sp³-hybridized carbons (Fsp3) is 0. The Labute approximate surface area is 342 Å². The van der Waals surface area contributed by atoms with Crippen LogP contribution in [0.3, 0.4) is 0 Å². The number of nitrogens with zero attached hydrogens (tertiary/aromatic N) is 1. The maximum Gasteiger partial charge on any atom is 0.0540 e. The van der Waals surface area contributed by atoms with Gasteiger partial charge in [0.1, 0.15) is 0 Å². The lowest BCUT2D eigenvalue weighted by atomic mass is 9.90. The van der Waals surface area contributed by atoms with Crippen LogP contribution in [-0.4, -0.2) is 0 Å². The van der Waals surface area contributed by atoms with E-state index in [0.29, 0.717) is 0 Å². The average Bonchev–Trinajstić information content (AvgIpc) is 3.67. The van der Waals surface area contributed by atoms with Crippen LogP contribution in [0.25, 0.3) is 86.2 Å². The van der Waals surface area contributed by atoms with Crippen LogP contribution in [0.2, 0.25) is 0 Å². The molecular formula is C56H37NS. The monoisotopic (exact) mass is 755 g/mol. The van der Waals surface area contributed by atoms with Crippen LogP contribution in [0.1, 0.15) is 0 Å². The third-order valence-electron chi connectivity index (χ3n) is 11.4. The van der Waals surface area contributed by atoms with Crippen LogP contribution in [0.5, 0.6) is 0 Å². The van der Waals surface area contributed by atoms with Gasteiger partial charge >= 0.3 is 0 Å². The Morgan fingerprint density at radius 2 is 0.879 bits per heavy atom. The summed E-state index contributed by atoms with van der Waals surface area (Å²) in [5.74, 6) is 0. The Bertz CT molecular complexity index is 3270. The molecule has 272 valence electrons. The summed E-state index contributed by atoms with van der Waals surface area (Å²) in [5, 5.41) is 7.63. The van der Waals surface area contributed by atoms with Gasteiger partial charge in [-0.25, -0.2) is 0 Å². The minimum atomic E-state index is 1.09. The van der Waals surface area contributed by atoms with Crippen LogP contribution >= 0.6 is 11.3 Å².